The van der Waals surface area contributed by atoms with E-state index in [-0.39, 0.29) is 12.1 Å². The van der Waals surface area contributed by atoms with E-state index in [0.717, 1.165) is 13.1 Å². The van der Waals surface area contributed by atoms with Crippen LogP contribution >= 0.6 is 11.3 Å². The van der Waals surface area contributed by atoms with Crippen molar-refractivity contribution in [3.05, 3.63) is 47.0 Å². The van der Waals surface area contributed by atoms with Gasteiger partial charge in [0.05, 0.1) is 12.6 Å². The number of aliphatic hydroxyl groups is 1. The van der Waals surface area contributed by atoms with Crippen LogP contribution in [0.2, 0.25) is 0 Å². The number of fused-ring (bicyclic) bond motifs is 1. The lowest BCUT2D eigenvalue weighted by atomic mass is 10.2. The Balaban J connectivity index is 1.40. The normalized spacial score (nSPS) is 21.6. The highest BCUT2D eigenvalue weighted by molar-refractivity contribution is 7.19. The molecular formula is C18H22N4O2S. The summed E-state index contributed by atoms with van der Waals surface area (Å²) in [6.45, 7) is 4.73. The van der Waals surface area contributed by atoms with E-state index in [9.17, 15) is 5.11 Å². The molecule has 1 aliphatic rings. The number of hydrogen-bond acceptors (Lipinski definition) is 7. The van der Waals surface area contributed by atoms with Crippen molar-refractivity contribution < 1.29 is 9.52 Å². The first-order valence-corrected chi connectivity index (χ1v) is 9.27. The molecule has 2 aromatic heterocycles. The molecule has 2 atom stereocenters. The quantitative estimate of drug-likeness (QED) is 0.755. The molecule has 6 nitrogen and oxygen atoms in total. The summed E-state index contributed by atoms with van der Waals surface area (Å²) in [5, 5.41) is 19.7. The van der Waals surface area contributed by atoms with Gasteiger partial charge in [0.1, 0.15) is 0 Å². The minimum atomic E-state index is -0.372. The van der Waals surface area contributed by atoms with E-state index >= 15 is 0 Å². The van der Waals surface area contributed by atoms with Gasteiger partial charge in [-0.3, -0.25) is 9.80 Å². The molecule has 0 spiro atoms. The van der Waals surface area contributed by atoms with Crippen LogP contribution in [0, 0.1) is 6.92 Å². The number of hydrogen-bond donors (Lipinski definition) is 1. The maximum atomic E-state index is 10.5. The van der Waals surface area contributed by atoms with Crippen LogP contribution in [0.15, 0.2) is 34.7 Å². The number of aryl methyl sites for hydroxylation is 1. The number of β-amino-alcohol motifs (C(OH)–C–C–N with tert-alkyl or cyclic N) is 1. The number of aliphatic hydroxyl groups excluding tert-OH is 1. The third-order valence-electron chi connectivity index (χ3n) is 4.71. The zero-order valence-electron chi connectivity index (χ0n) is 14.4. The second kappa shape index (κ2) is 6.84. The zero-order valence-corrected chi connectivity index (χ0v) is 15.2. The fourth-order valence-corrected chi connectivity index (χ4v) is 4.58. The number of thiophene rings is 1. The van der Waals surface area contributed by atoms with Gasteiger partial charge in [-0.2, -0.15) is 0 Å². The summed E-state index contributed by atoms with van der Waals surface area (Å²) in [6.07, 6.45) is -0.372. The number of benzene rings is 1. The van der Waals surface area contributed by atoms with Crippen LogP contribution in [0.3, 0.4) is 0 Å². The van der Waals surface area contributed by atoms with Crippen molar-refractivity contribution in [1.29, 1.82) is 0 Å². The Morgan fingerprint density at radius 2 is 2.16 bits per heavy atom. The predicted molar refractivity (Wildman–Crippen MR) is 97.4 cm³/mol. The summed E-state index contributed by atoms with van der Waals surface area (Å²) in [5.41, 5.74) is 0. The van der Waals surface area contributed by atoms with E-state index in [0.29, 0.717) is 24.9 Å². The average Bonchev–Trinajstić information content (AvgIpc) is 3.26. The van der Waals surface area contributed by atoms with Crippen LogP contribution in [0.1, 0.15) is 16.7 Å². The van der Waals surface area contributed by atoms with Gasteiger partial charge in [0.25, 0.3) is 0 Å². The maximum absolute atomic E-state index is 10.5. The summed E-state index contributed by atoms with van der Waals surface area (Å²) in [5.74, 6) is 1.16. The van der Waals surface area contributed by atoms with Crippen molar-refractivity contribution in [1.82, 2.24) is 20.0 Å². The van der Waals surface area contributed by atoms with E-state index in [2.05, 4.69) is 50.3 Å². The van der Waals surface area contributed by atoms with Crippen molar-refractivity contribution in [2.45, 2.75) is 32.2 Å². The number of aromatic nitrogens is 2. The molecule has 0 amide bonds. The third-order valence-corrected chi connectivity index (χ3v) is 5.81. The Morgan fingerprint density at radius 1 is 1.32 bits per heavy atom. The van der Waals surface area contributed by atoms with E-state index in [1.165, 1.54) is 15.0 Å². The second-order valence-electron chi connectivity index (χ2n) is 6.71. The maximum Gasteiger partial charge on any atom is 0.230 e. The van der Waals surface area contributed by atoms with Gasteiger partial charge in [-0.1, -0.05) is 18.2 Å². The minimum absolute atomic E-state index is 0.0709. The Bertz CT molecular complexity index is 829. The SMILES string of the molecule is Cc1nnc(CN(C)[C@@H]2CN(Cc3cc4ccccc4s3)C[C@H]2O)o1. The summed E-state index contributed by atoms with van der Waals surface area (Å²) in [4.78, 5) is 5.75. The summed E-state index contributed by atoms with van der Waals surface area (Å²) >= 11 is 1.83. The van der Waals surface area contributed by atoms with Crippen molar-refractivity contribution in [2.75, 3.05) is 20.1 Å². The summed E-state index contributed by atoms with van der Waals surface area (Å²) in [7, 11) is 2.00. The van der Waals surface area contributed by atoms with Gasteiger partial charge in [-0.25, -0.2) is 0 Å². The molecule has 132 valence electrons. The highest BCUT2D eigenvalue weighted by Crippen LogP contribution is 2.28. The largest absolute Gasteiger partial charge is 0.424 e. The summed E-state index contributed by atoms with van der Waals surface area (Å²) in [6, 6.07) is 10.8. The monoisotopic (exact) mass is 358 g/mol. The van der Waals surface area contributed by atoms with E-state index in [4.69, 9.17) is 4.42 Å². The van der Waals surface area contributed by atoms with Gasteiger partial charge < -0.3 is 9.52 Å². The van der Waals surface area contributed by atoms with Gasteiger partial charge in [0.2, 0.25) is 11.8 Å². The molecular weight excluding hydrogens is 336 g/mol. The van der Waals surface area contributed by atoms with E-state index in [1.807, 2.05) is 18.4 Å². The fourth-order valence-electron chi connectivity index (χ4n) is 3.48. The van der Waals surface area contributed by atoms with Crippen LogP contribution < -0.4 is 0 Å². The lowest BCUT2D eigenvalue weighted by Crippen LogP contribution is -2.40. The molecule has 4 rings (SSSR count). The molecule has 1 saturated heterocycles. The van der Waals surface area contributed by atoms with Gasteiger partial charge in [-0.05, 0) is 24.6 Å². The molecule has 0 unspecified atom stereocenters. The molecule has 0 radical (unpaired) electrons. The molecule has 25 heavy (non-hydrogen) atoms. The molecule has 0 bridgehead atoms. The molecule has 3 aromatic rings. The first-order chi connectivity index (χ1) is 12.1. The number of likely N-dealkylation sites (N-methyl/N-ethyl adjacent to an activating group) is 1. The molecule has 1 aromatic carbocycles. The minimum Gasteiger partial charge on any atom is -0.424 e. The Kier molecular flexibility index (Phi) is 4.56. The van der Waals surface area contributed by atoms with Crippen molar-refractivity contribution in [2.24, 2.45) is 0 Å². The van der Waals surface area contributed by atoms with E-state index < -0.39 is 0 Å². The second-order valence-corrected chi connectivity index (χ2v) is 7.88. The number of rotatable bonds is 5. The highest BCUT2D eigenvalue weighted by Gasteiger charge is 2.34. The third kappa shape index (κ3) is 3.59. The van der Waals surface area contributed by atoms with E-state index in [1.54, 1.807) is 6.92 Å². The molecule has 0 saturated carbocycles. The number of likely N-dealkylation sites (tertiary alicyclic amines) is 1. The topological polar surface area (TPSA) is 65.6 Å². The molecule has 0 aliphatic carbocycles. The van der Waals surface area contributed by atoms with Crippen LogP contribution in [0.5, 0.6) is 0 Å². The fraction of sp³-hybridized carbons (Fsp3) is 0.444. The predicted octanol–water partition coefficient (Wildman–Crippen LogP) is 2.27. The average molecular weight is 358 g/mol. The van der Waals surface area contributed by atoms with Gasteiger partial charge in [0, 0.05) is 42.2 Å². The Morgan fingerprint density at radius 3 is 2.92 bits per heavy atom. The highest BCUT2D eigenvalue weighted by atomic mass is 32.1. The molecule has 3 heterocycles. The van der Waals surface area contributed by atoms with Crippen molar-refractivity contribution in [3.63, 3.8) is 0 Å². The van der Waals surface area contributed by atoms with Crippen molar-refractivity contribution in [3.8, 4) is 0 Å². The zero-order chi connectivity index (χ0) is 17.4. The van der Waals surface area contributed by atoms with Crippen molar-refractivity contribution >= 4 is 21.4 Å². The van der Waals surface area contributed by atoms with Gasteiger partial charge in [0.15, 0.2) is 0 Å². The number of nitrogens with zero attached hydrogens (tertiary/aromatic N) is 4. The molecule has 7 heteroatoms. The first-order valence-electron chi connectivity index (χ1n) is 8.45. The lowest BCUT2D eigenvalue weighted by molar-refractivity contribution is 0.0899. The summed E-state index contributed by atoms with van der Waals surface area (Å²) < 4.78 is 6.76. The Hall–Kier alpha value is -1.80. The van der Waals surface area contributed by atoms with Gasteiger partial charge in [-0.15, -0.1) is 21.5 Å². The smallest absolute Gasteiger partial charge is 0.230 e. The Labute approximate surface area is 150 Å². The standard InChI is InChI=1S/C18H22N4O2S/c1-12-19-20-18(24-12)11-21(2)15-9-22(10-16(15)23)8-14-7-13-5-3-4-6-17(13)25-14/h3-7,15-16,23H,8-11H2,1-2H3/t15-,16-/m1/s1. The van der Waals surface area contributed by atoms with Crippen LogP contribution in [-0.4, -0.2) is 57.4 Å². The molecule has 1 fully saturated rings. The van der Waals surface area contributed by atoms with Crippen LogP contribution in [-0.2, 0) is 13.1 Å². The molecule has 1 N–H and O–H groups in total. The van der Waals surface area contributed by atoms with Gasteiger partial charge >= 0.3 is 0 Å². The molecule has 1 aliphatic heterocycles. The van der Waals surface area contributed by atoms with Crippen LogP contribution in [0.25, 0.3) is 10.1 Å². The first kappa shape index (κ1) is 16.7. The lowest BCUT2D eigenvalue weighted by Gasteiger charge is -2.25. The van der Waals surface area contributed by atoms with Crippen LogP contribution in [0.4, 0.5) is 0 Å².